The highest BCUT2D eigenvalue weighted by atomic mass is 32.2. The van der Waals surface area contributed by atoms with Crippen LogP contribution < -0.4 is 5.32 Å². The maximum Gasteiger partial charge on any atom is 0.251 e. The number of carbonyl (C=O) groups excluding carboxylic acids is 1. The summed E-state index contributed by atoms with van der Waals surface area (Å²) >= 11 is 1.68. The lowest BCUT2D eigenvalue weighted by molar-refractivity contribution is 0.0923. The number of hydrogen-bond donors (Lipinski definition) is 1. The molecular formula is C24H25NO3S2. The van der Waals surface area contributed by atoms with Crippen molar-refractivity contribution in [1.29, 1.82) is 0 Å². The Hall–Kier alpha value is -2.44. The lowest BCUT2D eigenvalue weighted by Gasteiger charge is -2.24. The first-order chi connectivity index (χ1) is 14.5. The monoisotopic (exact) mass is 439 g/mol. The Morgan fingerprint density at radius 2 is 1.67 bits per heavy atom. The maximum atomic E-state index is 12.9. The van der Waals surface area contributed by atoms with Crippen LogP contribution in [0.1, 0.15) is 52.5 Å². The summed E-state index contributed by atoms with van der Waals surface area (Å²) in [4.78, 5) is 14.4. The number of benzene rings is 2. The highest BCUT2D eigenvalue weighted by molar-refractivity contribution is 7.90. The zero-order valence-corrected chi connectivity index (χ0v) is 18.3. The average molecular weight is 440 g/mol. The number of nitrogens with one attached hydrogen (secondary N) is 1. The van der Waals surface area contributed by atoms with E-state index in [0.717, 1.165) is 12.8 Å². The molecule has 4 nitrogen and oxygen atoms in total. The fourth-order valence-electron chi connectivity index (χ4n) is 4.09. The van der Waals surface area contributed by atoms with Gasteiger partial charge in [-0.25, -0.2) is 8.42 Å². The fourth-order valence-corrected chi connectivity index (χ4v) is 6.33. The smallest absolute Gasteiger partial charge is 0.251 e. The predicted molar refractivity (Wildman–Crippen MR) is 120 cm³/mol. The number of rotatable bonds is 7. The summed E-state index contributed by atoms with van der Waals surface area (Å²) in [6, 6.07) is 19.5. The van der Waals surface area contributed by atoms with Gasteiger partial charge in [-0.05, 0) is 60.0 Å². The van der Waals surface area contributed by atoms with Crippen LogP contribution in [0, 0.1) is 5.92 Å². The average Bonchev–Trinajstić information content (AvgIpc) is 3.47. The van der Waals surface area contributed by atoms with Crippen molar-refractivity contribution in [1.82, 2.24) is 5.32 Å². The number of amides is 1. The van der Waals surface area contributed by atoms with Crippen molar-refractivity contribution < 1.29 is 13.2 Å². The summed E-state index contributed by atoms with van der Waals surface area (Å²) in [7, 11) is -3.41. The minimum atomic E-state index is -3.41. The van der Waals surface area contributed by atoms with Gasteiger partial charge in [0.25, 0.3) is 5.91 Å². The van der Waals surface area contributed by atoms with Crippen molar-refractivity contribution in [3.05, 3.63) is 88.1 Å². The summed E-state index contributed by atoms with van der Waals surface area (Å²) < 4.78 is 25.1. The summed E-state index contributed by atoms with van der Waals surface area (Å²) in [6.45, 7) is 0. The SMILES string of the molecule is O=C(NC(c1cccs1)C1CCCC1)c1ccc(CS(=O)(=O)c2ccccc2)cc1. The van der Waals surface area contributed by atoms with E-state index in [1.54, 1.807) is 65.9 Å². The number of thiophene rings is 1. The molecule has 156 valence electrons. The third-order valence-electron chi connectivity index (χ3n) is 5.68. The largest absolute Gasteiger partial charge is 0.344 e. The summed E-state index contributed by atoms with van der Waals surface area (Å²) in [5.41, 5.74) is 1.22. The Kier molecular flexibility index (Phi) is 6.35. The van der Waals surface area contributed by atoms with Crippen LogP contribution in [-0.2, 0) is 15.6 Å². The van der Waals surface area contributed by atoms with E-state index in [1.807, 2.05) is 11.4 Å². The molecule has 2 aromatic carbocycles. The molecule has 0 aliphatic heterocycles. The van der Waals surface area contributed by atoms with Crippen LogP contribution in [0.4, 0.5) is 0 Å². The van der Waals surface area contributed by atoms with Gasteiger partial charge in [0.1, 0.15) is 0 Å². The molecule has 0 spiro atoms. The van der Waals surface area contributed by atoms with Crippen molar-refractivity contribution in [2.75, 3.05) is 0 Å². The first kappa shape index (κ1) is 20.8. The van der Waals surface area contributed by atoms with Crippen molar-refractivity contribution in [3.63, 3.8) is 0 Å². The van der Waals surface area contributed by atoms with Crippen LogP contribution in [0.2, 0.25) is 0 Å². The minimum absolute atomic E-state index is 0.0399. The van der Waals surface area contributed by atoms with E-state index in [1.165, 1.54) is 17.7 Å². The number of hydrogen-bond acceptors (Lipinski definition) is 4. The van der Waals surface area contributed by atoms with E-state index in [0.29, 0.717) is 21.9 Å². The molecule has 1 amide bonds. The molecule has 1 aliphatic rings. The maximum absolute atomic E-state index is 12.9. The highest BCUT2D eigenvalue weighted by Crippen LogP contribution is 2.37. The molecule has 1 heterocycles. The molecule has 1 unspecified atom stereocenters. The molecule has 1 aromatic heterocycles. The molecule has 1 aliphatic carbocycles. The molecule has 4 rings (SSSR count). The fraction of sp³-hybridized carbons (Fsp3) is 0.292. The van der Waals surface area contributed by atoms with Crippen LogP contribution >= 0.6 is 11.3 Å². The Morgan fingerprint density at radius 1 is 0.967 bits per heavy atom. The first-order valence-electron chi connectivity index (χ1n) is 10.2. The van der Waals surface area contributed by atoms with Gasteiger partial charge in [0.2, 0.25) is 0 Å². The van der Waals surface area contributed by atoms with Gasteiger partial charge in [0, 0.05) is 10.4 Å². The van der Waals surface area contributed by atoms with Gasteiger partial charge in [0.05, 0.1) is 16.7 Å². The van der Waals surface area contributed by atoms with Gasteiger partial charge in [0.15, 0.2) is 9.84 Å². The molecule has 1 atom stereocenters. The molecule has 0 bridgehead atoms. The van der Waals surface area contributed by atoms with Crippen LogP contribution in [-0.4, -0.2) is 14.3 Å². The Morgan fingerprint density at radius 3 is 2.30 bits per heavy atom. The molecule has 1 N–H and O–H groups in total. The summed E-state index contributed by atoms with van der Waals surface area (Å²) in [6.07, 6.45) is 4.71. The van der Waals surface area contributed by atoms with Crippen molar-refractivity contribution in [3.8, 4) is 0 Å². The van der Waals surface area contributed by atoms with Gasteiger partial charge in [-0.1, -0.05) is 49.2 Å². The molecule has 0 radical (unpaired) electrons. The standard InChI is InChI=1S/C24H25NO3S2/c26-24(25-23(19-7-4-5-8-19)22-11-6-16-29-22)20-14-12-18(13-15-20)17-30(27,28)21-9-2-1-3-10-21/h1-3,6,9-16,19,23H,4-5,7-8,17H2,(H,25,26). The molecule has 3 aromatic rings. The molecule has 0 saturated heterocycles. The van der Waals surface area contributed by atoms with Crippen molar-refractivity contribution in [2.45, 2.75) is 42.4 Å². The van der Waals surface area contributed by atoms with Crippen LogP contribution in [0.5, 0.6) is 0 Å². The van der Waals surface area contributed by atoms with E-state index >= 15 is 0 Å². The number of carbonyl (C=O) groups is 1. The van der Waals surface area contributed by atoms with Crippen molar-refractivity contribution >= 4 is 27.1 Å². The van der Waals surface area contributed by atoms with Crippen LogP contribution in [0.3, 0.4) is 0 Å². The zero-order chi connectivity index (χ0) is 21.0. The lowest BCUT2D eigenvalue weighted by atomic mass is 9.96. The van der Waals surface area contributed by atoms with Gasteiger partial charge >= 0.3 is 0 Å². The topological polar surface area (TPSA) is 63.2 Å². The van der Waals surface area contributed by atoms with Gasteiger partial charge in [-0.2, -0.15) is 0 Å². The van der Waals surface area contributed by atoms with Crippen molar-refractivity contribution in [2.24, 2.45) is 5.92 Å². The van der Waals surface area contributed by atoms with E-state index in [-0.39, 0.29) is 17.7 Å². The Balaban J connectivity index is 1.46. The molecule has 1 fully saturated rings. The van der Waals surface area contributed by atoms with Crippen LogP contribution in [0.25, 0.3) is 0 Å². The second kappa shape index (κ2) is 9.14. The molecule has 6 heteroatoms. The first-order valence-corrected chi connectivity index (χ1v) is 12.8. The summed E-state index contributed by atoms with van der Waals surface area (Å²) in [5, 5.41) is 5.27. The second-order valence-corrected chi connectivity index (χ2v) is 10.7. The Bertz CT molecular complexity index is 1070. The third-order valence-corrected chi connectivity index (χ3v) is 8.34. The van der Waals surface area contributed by atoms with Gasteiger partial charge in [-0.15, -0.1) is 11.3 Å². The van der Waals surface area contributed by atoms with E-state index in [4.69, 9.17) is 0 Å². The quantitative estimate of drug-likeness (QED) is 0.537. The van der Waals surface area contributed by atoms with E-state index in [9.17, 15) is 13.2 Å². The Labute approximate surface area is 181 Å². The molecule has 1 saturated carbocycles. The molecular weight excluding hydrogens is 414 g/mol. The normalized spacial score (nSPS) is 15.7. The molecule has 30 heavy (non-hydrogen) atoms. The predicted octanol–water partition coefficient (Wildman–Crippen LogP) is 5.38. The zero-order valence-electron chi connectivity index (χ0n) is 16.7. The number of sulfone groups is 1. The van der Waals surface area contributed by atoms with Gasteiger partial charge in [-0.3, -0.25) is 4.79 Å². The van der Waals surface area contributed by atoms with Gasteiger partial charge < -0.3 is 5.32 Å². The highest BCUT2D eigenvalue weighted by Gasteiger charge is 2.28. The summed E-state index contributed by atoms with van der Waals surface area (Å²) in [5.74, 6) is 0.277. The van der Waals surface area contributed by atoms with Crippen LogP contribution in [0.15, 0.2) is 77.0 Å². The minimum Gasteiger partial charge on any atom is -0.344 e. The second-order valence-electron chi connectivity index (χ2n) is 7.78. The lowest BCUT2D eigenvalue weighted by Crippen LogP contribution is -2.32. The van der Waals surface area contributed by atoms with E-state index < -0.39 is 9.84 Å². The third kappa shape index (κ3) is 4.82. The van der Waals surface area contributed by atoms with E-state index in [2.05, 4.69) is 11.4 Å².